The van der Waals surface area contributed by atoms with Crippen LogP contribution in [-0.2, 0) is 15.0 Å². The third-order valence-corrected chi connectivity index (χ3v) is 6.42. The minimum atomic E-state index is -1.14. The molecule has 0 bridgehead atoms. The van der Waals surface area contributed by atoms with Crippen molar-refractivity contribution in [3.63, 3.8) is 0 Å². The zero-order valence-corrected chi connectivity index (χ0v) is 18.5. The lowest BCUT2D eigenvalue weighted by atomic mass is 9.94. The van der Waals surface area contributed by atoms with E-state index in [9.17, 15) is 19.2 Å². The summed E-state index contributed by atoms with van der Waals surface area (Å²) in [6.07, 6.45) is 0.641. The van der Waals surface area contributed by atoms with Crippen molar-refractivity contribution in [2.24, 2.45) is 11.7 Å². The van der Waals surface area contributed by atoms with Crippen molar-refractivity contribution < 1.29 is 18.7 Å². The molecule has 2 fully saturated rings. The number of alkyl halides is 1. The van der Waals surface area contributed by atoms with Crippen LogP contribution in [-0.4, -0.2) is 61.2 Å². The number of nitriles is 1. The number of benzene rings is 1. The van der Waals surface area contributed by atoms with E-state index in [-0.39, 0.29) is 18.0 Å². The Hall–Kier alpha value is -3.51. The molecule has 2 unspecified atom stereocenters. The molecular weight excluding hydrogens is 425 g/mol. The van der Waals surface area contributed by atoms with E-state index in [0.29, 0.717) is 36.4 Å². The fraction of sp³-hybridized carbons (Fsp3) is 0.417. The van der Waals surface area contributed by atoms with Crippen LogP contribution in [0, 0.1) is 17.2 Å². The van der Waals surface area contributed by atoms with Gasteiger partial charge in [0.15, 0.2) is 0 Å². The van der Waals surface area contributed by atoms with E-state index < -0.39 is 29.5 Å². The largest absolute Gasteiger partial charge is 0.486 e. The zero-order chi connectivity index (χ0) is 23.8. The zero-order valence-electron chi connectivity index (χ0n) is 18.5. The number of nitrogens with one attached hydrogen (secondary N) is 1. The minimum Gasteiger partial charge on any atom is -0.486 e. The molecule has 1 aliphatic carbocycles. The summed E-state index contributed by atoms with van der Waals surface area (Å²) >= 11 is 0. The van der Waals surface area contributed by atoms with E-state index in [4.69, 9.17) is 10.5 Å². The summed E-state index contributed by atoms with van der Waals surface area (Å²) in [4.78, 5) is 30.6. The number of carbonyl (C=O) groups is 2. The third kappa shape index (κ3) is 4.14. The first-order valence-electron chi connectivity index (χ1n) is 10.8. The molecule has 4 atom stereocenters. The van der Waals surface area contributed by atoms with Crippen LogP contribution in [0.5, 0.6) is 5.75 Å². The Kier molecular flexibility index (Phi) is 6.04. The first kappa shape index (κ1) is 22.7. The summed E-state index contributed by atoms with van der Waals surface area (Å²) < 4.78 is 19.9. The van der Waals surface area contributed by atoms with E-state index in [0.717, 1.165) is 5.56 Å². The third-order valence-electron chi connectivity index (χ3n) is 6.42. The van der Waals surface area contributed by atoms with Gasteiger partial charge in [-0.2, -0.15) is 5.26 Å². The Balaban J connectivity index is 1.63. The van der Waals surface area contributed by atoms with Gasteiger partial charge in [0.2, 0.25) is 11.8 Å². The van der Waals surface area contributed by atoms with Gasteiger partial charge < -0.3 is 20.7 Å². The van der Waals surface area contributed by atoms with Gasteiger partial charge in [0, 0.05) is 26.8 Å². The molecule has 1 saturated heterocycles. The van der Waals surface area contributed by atoms with Gasteiger partial charge in [-0.05, 0) is 54.8 Å². The molecular formula is C24H26FN5O3. The number of aromatic nitrogens is 1. The van der Waals surface area contributed by atoms with Crippen LogP contribution in [0.25, 0.3) is 11.1 Å². The number of halogens is 1. The van der Waals surface area contributed by atoms with Crippen molar-refractivity contribution >= 4 is 11.8 Å². The molecule has 0 spiro atoms. The summed E-state index contributed by atoms with van der Waals surface area (Å²) in [5, 5.41) is 12.6. The molecule has 1 saturated carbocycles. The van der Waals surface area contributed by atoms with Gasteiger partial charge in [-0.15, -0.1) is 0 Å². The number of rotatable bonds is 6. The maximum Gasteiger partial charge on any atom is 0.230 e. The number of carbonyl (C=O) groups excluding carboxylic acids is 2. The second kappa shape index (κ2) is 8.79. The molecule has 172 valence electrons. The summed E-state index contributed by atoms with van der Waals surface area (Å²) in [5.74, 6) is -0.968. The molecule has 1 aromatic carbocycles. The maximum atomic E-state index is 14.1. The Bertz CT molecular complexity index is 1130. The summed E-state index contributed by atoms with van der Waals surface area (Å²) in [6, 6.07) is 10.7. The molecule has 9 heteroatoms. The highest BCUT2D eigenvalue weighted by molar-refractivity contribution is 5.99. The predicted molar refractivity (Wildman–Crippen MR) is 119 cm³/mol. The van der Waals surface area contributed by atoms with Crippen molar-refractivity contribution in [3.05, 3.63) is 47.8 Å². The van der Waals surface area contributed by atoms with Crippen LogP contribution < -0.4 is 15.8 Å². The van der Waals surface area contributed by atoms with Gasteiger partial charge in [-0.3, -0.25) is 14.6 Å². The first-order chi connectivity index (χ1) is 15.8. The van der Waals surface area contributed by atoms with E-state index in [1.807, 2.05) is 0 Å². The quantitative estimate of drug-likeness (QED) is 0.687. The number of pyridine rings is 1. The molecule has 3 N–H and O–H groups in total. The second-order valence-corrected chi connectivity index (χ2v) is 8.74. The van der Waals surface area contributed by atoms with E-state index in [1.54, 1.807) is 50.6 Å². The smallest absolute Gasteiger partial charge is 0.230 e. The summed E-state index contributed by atoms with van der Waals surface area (Å²) in [6.45, 7) is 0.882. The van der Waals surface area contributed by atoms with E-state index in [1.165, 1.54) is 4.90 Å². The number of nitrogens with two attached hydrogens (primary N) is 1. The Morgan fingerprint density at radius 1 is 1.30 bits per heavy atom. The number of hydrogen-bond donors (Lipinski definition) is 2. The molecule has 0 radical (unpaired) electrons. The molecule has 2 heterocycles. The number of primary amides is 1. The maximum absolute atomic E-state index is 14.1. The Labute approximate surface area is 191 Å². The molecule has 1 aromatic heterocycles. The average Bonchev–Trinajstić information content (AvgIpc) is 3.57. The number of hydrogen-bond acceptors (Lipinski definition) is 6. The predicted octanol–water partition coefficient (Wildman–Crippen LogP) is 1.53. The topological polar surface area (TPSA) is 121 Å². The monoisotopic (exact) mass is 451 g/mol. The number of amides is 2. The Morgan fingerprint density at radius 3 is 2.73 bits per heavy atom. The summed E-state index contributed by atoms with van der Waals surface area (Å²) in [7, 11) is 3.27. The van der Waals surface area contributed by atoms with Crippen LogP contribution in [0.2, 0.25) is 0 Å². The molecule has 4 rings (SSSR count). The lowest BCUT2D eigenvalue weighted by Crippen LogP contribution is -2.44. The van der Waals surface area contributed by atoms with Crippen molar-refractivity contribution in [3.8, 4) is 22.9 Å². The Morgan fingerprint density at radius 2 is 2.06 bits per heavy atom. The highest BCUT2D eigenvalue weighted by Crippen LogP contribution is 2.54. The number of ether oxygens (including phenoxy) is 1. The molecule has 2 aromatic rings. The molecule has 1 aliphatic heterocycles. The highest BCUT2D eigenvalue weighted by atomic mass is 19.1. The first-order valence-corrected chi connectivity index (χ1v) is 10.8. The van der Waals surface area contributed by atoms with Crippen LogP contribution in [0.4, 0.5) is 4.39 Å². The van der Waals surface area contributed by atoms with Crippen molar-refractivity contribution in [1.29, 1.82) is 5.26 Å². The lowest BCUT2D eigenvalue weighted by Gasteiger charge is -2.27. The van der Waals surface area contributed by atoms with Gasteiger partial charge in [0.05, 0.1) is 17.2 Å². The van der Waals surface area contributed by atoms with E-state index in [2.05, 4.69) is 16.4 Å². The van der Waals surface area contributed by atoms with Crippen LogP contribution in [0.3, 0.4) is 0 Å². The number of piperidine rings is 1. The van der Waals surface area contributed by atoms with Crippen molar-refractivity contribution in [1.82, 2.24) is 15.2 Å². The molecule has 2 amide bonds. The fourth-order valence-electron chi connectivity index (χ4n) is 4.40. The van der Waals surface area contributed by atoms with Gasteiger partial charge in [0.1, 0.15) is 29.5 Å². The molecule has 8 nitrogen and oxygen atoms in total. The van der Waals surface area contributed by atoms with Gasteiger partial charge in [-0.25, -0.2) is 4.39 Å². The molecule has 2 aliphatic rings. The SMILES string of the molecule is CN(C)C(=O)C1CC1(C(N)=O)c1cc(-c2ccc(O[C@H]3CCNC[C@H]3F)c(C#N)c2)ccn1. The standard InChI is InChI=1S/C24H26FN5O3/c1-30(2)22(31)17-11-24(17,23(27)32)21-10-15(5-8-29-21)14-3-4-19(16(9-14)12-26)33-20-6-7-28-13-18(20)25/h3-5,8-10,17-18,20,28H,6-7,11,13H2,1-2H3,(H2,27,32)/t17?,18-,20+,24?/m1/s1. The van der Waals surface area contributed by atoms with E-state index >= 15 is 0 Å². The van der Waals surface area contributed by atoms with Crippen LogP contribution in [0.1, 0.15) is 24.1 Å². The summed E-state index contributed by atoms with van der Waals surface area (Å²) in [5.41, 5.74) is 6.71. The molecule has 33 heavy (non-hydrogen) atoms. The lowest BCUT2D eigenvalue weighted by molar-refractivity contribution is -0.132. The highest BCUT2D eigenvalue weighted by Gasteiger charge is 2.65. The minimum absolute atomic E-state index is 0.168. The number of nitrogens with zero attached hydrogens (tertiary/aromatic N) is 3. The van der Waals surface area contributed by atoms with Crippen molar-refractivity contribution in [2.75, 3.05) is 27.2 Å². The second-order valence-electron chi connectivity index (χ2n) is 8.74. The van der Waals surface area contributed by atoms with Gasteiger partial charge in [0.25, 0.3) is 0 Å². The van der Waals surface area contributed by atoms with Crippen molar-refractivity contribution in [2.45, 2.75) is 30.5 Å². The van der Waals surface area contributed by atoms with Gasteiger partial charge >= 0.3 is 0 Å². The van der Waals surface area contributed by atoms with Gasteiger partial charge in [-0.1, -0.05) is 6.07 Å². The average molecular weight is 452 g/mol. The normalized spacial score (nSPS) is 26.2. The van der Waals surface area contributed by atoms with Crippen LogP contribution in [0.15, 0.2) is 36.5 Å². The fourth-order valence-corrected chi connectivity index (χ4v) is 4.40. The van der Waals surface area contributed by atoms with Crippen LogP contribution >= 0.6 is 0 Å².